The first-order chi connectivity index (χ1) is 8.37. The standard InChI is InChI=1S/C13H26O4S/c1-5-7-8-12(6-2)10-18(15,16)11(3)9-13(14)17-4/h11-12H,5-10H2,1-4H3. The molecule has 0 bridgehead atoms. The van der Waals surface area contributed by atoms with Crippen molar-refractivity contribution in [1.29, 1.82) is 0 Å². The summed E-state index contributed by atoms with van der Waals surface area (Å²) in [5.74, 6) is -0.0792. The smallest absolute Gasteiger partial charge is 0.306 e. The molecular weight excluding hydrogens is 252 g/mol. The lowest BCUT2D eigenvalue weighted by molar-refractivity contribution is -0.140. The molecule has 0 radical (unpaired) electrons. The Hall–Kier alpha value is -0.580. The van der Waals surface area contributed by atoms with Crippen LogP contribution in [0.25, 0.3) is 0 Å². The van der Waals surface area contributed by atoms with Crippen LogP contribution in [-0.4, -0.2) is 32.5 Å². The fraction of sp³-hybridized carbons (Fsp3) is 0.923. The van der Waals surface area contributed by atoms with Crippen LogP contribution >= 0.6 is 0 Å². The average Bonchev–Trinajstić information content (AvgIpc) is 2.33. The largest absolute Gasteiger partial charge is 0.469 e. The Morgan fingerprint density at radius 2 is 1.89 bits per heavy atom. The van der Waals surface area contributed by atoms with Gasteiger partial charge in [-0.05, 0) is 19.3 Å². The highest BCUT2D eigenvalue weighted by atomic mass is 32.2. The Kier molecular flexibility index (Phi) is 8.24. The zero-order valence-electron chi connectivity index (χ0n) is 11.9. The molecule has 5 heteroatoms. The van der Waals surface area contributed by atoms with Crippen molar-refractivity contribution in [1.82, 2.24) is 0 Å². The molecule has 2 unspecified atom stereocenters. The molecule has 0 aromatic rings. The van der Waals surface area contributed by atoms with Crippen LogP contribution < -0.4 is 0 Å². The lowest BCUT2D eigenvalue weighted by atomic mass is 10.0. The third kappa shape index (κ3) is 6.38. The van der Waals surface area contributed by atoms with Crippen molar-refractivity contribution < 1.29 is 17.9 Å². The minimum absolute atomic E-state index is 0.0525. The second-order valence-corrected chi connectivity index (χ2v) is 7.30. The molecule has 0 saturated carbocycles. The Balaban J connectivity index is 4.47. The van der Waals surface area contributed by atoms with Crippen molar-refractivity contribution in [3.05, 3.63) is 0 Å². The number of hydrogen-bond acceptors (Lipinski definition) is 4. The normalized spacial score (nSPS) is 15.1. The van der Waals surface area contributed by atoms with Crippen LogP contribution in [0.5, 0.6) is 0 Å². The molecule has 0 fully saturated rings. The van der Waals surface area contributed by atoms with Gasteiger partial charge in [-0.2, -0.15) is 0 Å². The van der Waals surface area contributed by atoms with E-state index >= 15 is 0 Å². The van der Waals surface area contributed by atoms with E-state index in [1.165, 1.54) is 7.11 Å². The van der Waals surface area contributed by atoms with E-state index in [0.717, 1.165) is 25.7 Å². The highest BCUT2D eigenvalue weighted by molar-refractivity contribution is 7.92. The van der Waals surface area contributed by atoms with Crippen LogP contribution in [0.15, 0.2) is 0 Å². The summed E-state index contributed by atoms with van der Waals surface area (Å²) in [6.07, 6.45) is 3.89. The fourth-order valence-corrected chi connectivity index (χ4v) is 3.61. The van der Waals surface area contributed by atoms with Crippen LogP contribution in [0.3, 0.4) is 0 Å². The van der Waals surface area contributed by atoms with E-state index in [0.29, 0.717) is 0 Å². The Morgan fingerprint density at radius 1 is 1.28 bits per heavy atom. The molecule has 0 aromatic carbocycles. The van der Waals surface area contributed by atoms with Crippen LogP contribution in [0.2, 0.25) is 0 Å². The van der Waals surface area contributed by atoms with Crippen LogP contribution in [-0.2, 0) is 19.4 Å². The molecule has 0 rings (SSSR count). The highest BCUT2D eigenvalue weighted by Gasteiger charge is 2.26. The Labute approximate surface area is 111 Å². The van der Waals surface area contributed by atoms with E-state index in [1.807, 2.05) is 6.92 Å². The van der Waals surface area contributed by atoms with Gasteiger partial charge in [0.15, 0.2) is 9.84 Å². The maximum Gasteiger partial charge on any atom is 0.306 e. The van der Waals surface area contributed by atoms with Gasteiger partial charge in [-0.25, -0.2) is 8.42 Å². The quantitative estimate of drug-likeness (QED) is 0.608. The molecule has 0 aromatic heterocycles. The van der Waals surface area contributed by atoms with E-state index in [1.54, 1.807) is 6.92 Å². The number of sulfone groups is 1. The van der Waals surface area contributed by atoms with E-state index in [4.69, 9.17) is 0 Å². The van der Waals surface area contributed by atoms with Gasteiger partial charge in [0.05, 0.1) is 24.5 Å². The number of carbonyl (C=O) groups excluding carboxylic acids is 1. The Morgan fingerprint density at radius 3 is 2.33 bits per heavy atom. The first kappa shape index (κ1) is 17.4. The van der Waals surface area contributed by atoms with Gasteiger partial charge in [0, 0.05) is 0 Å². The fourth-order valence-electron chi connectivity index (χ4n) is 1.84. The minimum atomic E-state index is -3.21. The topological polar surface area (TPSA) is 60.4 Å². The van der Waals surface area contributed by atoms with Crippen LogP contribution in [0.4, 0.5) is 0 Å². The number of unbranched alkanes of at least 4 members (excludes halogenated alkanes) is 1. The summed E-state index contributed by atoms with van der Waals surface area (Å²) in [4.78, 5) is 11.1. The lowest BCUT2D eigenvalue weighted by Gasteiger charge is -2.18. The molecule has 108 valence electrons. The van der Waals surface area contributed by atoms with E-state index in [-0.39, 0.29) is 18.1 Å². The van der Waals surface area contributed by atoms with E-state index < -0.39 is 21.1 Å². The van der Waals surface area contributed by atoms with Crippen molar-refractivity contribution in [3.8, 4) is 0 Å². The summed E-state index contributed by atoms with van der Waals surface area (Å²) >= 11 is 0. The number of ether oxygens (including phenoxy) is 1. The van der Waals surface area contributed by atoms with Gasteiger partial charge in [0.2, 0.25) is 0 Å². The molecule has 4 nitrogen and oxygen atoms in total. The van der Waals surface area contributed by atoms with Gasteiger partial charge < -0.3 is 4.74 Å². The van der Waals surface area contributed by atoms with Crippen molar-refractivity contribution >= 4 is 15.8 Å². The van der Waals surface area contributed by atoms with Gasteiger partial charge >= 0.3 is 5.97 Å². The summed E-state index contributed by atoms with van der Waals surface area (Å²) < 4.78 is 28.7. The van der Waals surface area contributed by atoms with Crippen molar-refractivity contribution in [2.75, 3.05) is 12.9 Å². The predicted molar refractivity (Wildman–Crippen MR) is 73.2 cm³/mol. The highest BCUT2D eigenvalue weighted by Crippen LogP contribution is 2.18. The van der Waals surface area contributed by atoms with Crippen molar-refractivity contribution in [2.24, 2.45) is 5.92 Å². The van der Waals surface area contributed by atoms with Gasteiger partial charge in [-0.1, -0.05) is 33.1 Å². The third-order valence-electron chi connectivity index (χ3n) is 3.31. The maximum absolute atomic E-state index is 12.1. The molecular formula is C13H26O4S. The number of esters is 1. The molecule has 2 atom stereocenters. The monoisotopic (exact) mass is 278 g/mol. The zero-order valence-corrected chi connectivity index (χ0v) is 12.8. The summed E-state index contributed by atoms with van der Waals surface area (Å²) in [5, 5.41) is -0.652. The molecule has 0 heterocycles. The molecule has 0 aliphatic carbocycles. The van der Waals surface area contributed by atoms with Gasteiger partial charge in [-0.15, -0.1) is 0 Å². The van der Waals surface area contributed by atoms with Gasteiger partial charge in [0.1, 0.15) is 0 Å². The number of carbonyl (C=O) groups is 1. The molecule has 0 amide bonds. The lowest BCUT2D eigenvalue weighted by Crippen LogP contribution is -2.28. The van der Waals surface area contributed by atoms with E-state index in [2.05, 4.69) is 11.7 Å². The Bertz CT molecular complexity index is 335. The van der Waals surface area contributed by atoms with Gasteiger partial charge in [-0.3, -0.25) is 4.79 Å². The summed E-state index contributed by atoms with van der Waals surface area (Å²) in [6.45, 7) is 5.70. The molecule has 0 aliphatic rings. The number of rotatable bonds is 9. The van der Waals surface area contributed by atoms with Crippen LogP contribution in [0, 0.1) is 5.92 Å². The molecule has 18 heavy (non-hydrogen) atoms. The zero-order chi connectivity index (χ0) is 14.2. The second kappa shape index (κ2) is 8.51. The van der Waals surface area contributed by atoms with Crippen molar-refractivity contribution in [3.63, 3.8) is 0 Å². The SMILES string of the molecule is CCCCC(CC)CS(=O)(=O)C(C)CC(=O)OC. The molecule has 0 spiro atoms. The molecule has 0 aliphatic heterocycles. The number of hydrogen-bond donors (Lipinski definition) is 0. The predicted octanol–water partition coefficient (Wildman–Crippen LogP) is 2.57. The minimum Gasteiger partial charge on any atom is -0.469 e. The average molecular weight is 278 g/mol. The van der Waals surface area contributed by atoms with Crippen LogP contribution in [0.1, 0.15) is 52.9 Å². The molecule has 0 N–H and O–H groups in total. The molecule has 0 saturated heterocycles. The second-order valence-electron chi connectivity index (χ2n) is 4.84. The third-order valence-corrected chi connectivity index (χ3v) is 5.63. The van der Waals surface area contributed by atoms with Crippen molar-refractivity contribution in [2.45, 2.75) is 58.1 Å². The maximum atomic E-state index is 12.1. The summed E-state index contributed by atoms with van der Waals surface area (Å²) in [6, 6.07) is 0. The summed E-state index contributed by atoms with van der Waals surface area (Å²) in [5.41, 5.74) is 0. The van der Waals surface area contributed by atoms with E-state index in [9.17, 15) is 13.2 Å². The first-order valence-corrected chi connectivity index (χ1v) is 8.37. The number of methoxy groups -OCH3 is 1. The van der Waals surface area contributed by atoms with Gasteiger partial charge in [0.25, 0.3) is 0 Å². The summed E-state index contributed by atoms with van der Waals surface area (Å²) in [7, 11) is -1.93. The first-order valence-electron chi connectivity index (χ1n) is 6.65.